The highest BCUT2D eigenvalue weighted by atomic mass is 32.1. The number of benzene rings is 1. The molecule has 5 heteroatoms. The van der Waals surface area contributed by atoms with E-state index in [-0.39, 0.29) is 6.42 Å². The summed E-state index contributed by atoms with van der Waals surface area (Å²) in [6, 6.07) is 9.76. The van der Waals surface area contributed by atoms with Crippen molar-refractivity contribution in [3.05, 3.63) is 35.9 Å². The van der Waals surface area contributed by atoms with Gasteiger partial charge >= 0.3 is 5.97 Å². The molecule has 0 atom stereocenters. The van der Waals surface area contributed by atoms with Gasteiger partial charge in [-0.15, -0.1) is 0 Å². The summed E-state index contributed by atoms with van der Waals surface area (Å²) in [5.41, 5.74) is 1.08. The van der Waals surface area contributed by atoms with Crippen molar-refractivity contribution in [1.29, 1.82) is 0 Å². The first-order valence-electron chi connectivity index (χ1n) is 4.53. The van der Waals surface area contributed by atoms with Crippen LogP contribution in [0.25, 0.3) is 0 Å². The molecule has 82 valence electrons. The Hall–Kier alpha value is -1.04. The topological polar surface area (TPSA) is 47.6 Å². The highest BCUT2D eigenvalue weighted by molar-refractivity contribution is 7.77. The highest BCUT2D eigenvalue weighted by Gasteiger charge is 2.01. The first-order chi connectivity index (χ1) is 7.33. The van der Waals surface area contributed by atoms with Gasteiger partial charge in [0.15, 0.2) is 0 Å². The molecule has 1 N–H and O–H groups in total. The van der Waals surface area contributed by atoms with Crippen molar-refractivity contribution < 1.29 is 14.4 Å². The van der Waals surface area contributed by atoms with Crippen molar-refractivity contribution in [3.8, 4) is 0 Å². The lowest BCUT2D eigenvalue weighted by atomic mass is 10.2. The molecular weight excluding hydrogens is 214 g/mol. The van der Waals surface area contributed by atoms with Gasteiger partial charge in [0.25, 0.3) is 0 Å². The molecule has 0 heterocycles. The van der Waals surface area contributed by atoms with E-state index in [0.717, 1.165) is 5.56 Å². The maximum absolute atomic E-state index is 10.8. The number of rotatable bonds is 6. The standard InChI is InChI=1S/C10H13NO3S/c12-10(14-11-15)6-7-13-8-9-4-2-1-3-5-9/h1-5,11,15H,6-8H2. The molecule has 0 aliphatic carbocycles. The van der Waals surface area contributed by atoms with Crippen LogP contribution in [0, 0.1) is 0 Å². The Morgan fingerprint density at radius 2 is 2.07 bits per heavy atom. The monoisotopic (exact) mass is 227 g/mol. The fourth-order valence-electron chi connectivity index (χ4n) is 1.02. The summed E-state index contributed by atoms with van der Waals surface area (Å²) in [5.74, 6) is -0.391. The van der Waals surface area contributed by atoms with Crippen molar-refractivity contribution in [1.82, 2.24) is 4.89 Å². The summed E-state index contributed by atoms with van der Waals surface area (Å²) in [5, 5.41) is 0. The van der Waals surface area contributed by atoms with Crippen molar-refractivity contribution in [3.63, 3.8) is 0 Å². The van der Waals surface area contributed by atoms with Crippen LogP contribution in [0.5, 0.6) is 0 Å². The van der Waals surface area contributed by atoms with E-state index >= 15 is 0 Å². The minimum atomic E-state index is -0.391. The Morgan fingerprint density at radius 1 is 1.33 bits per heavy atom. The van der Waals surface area contributed by atoms with Crippen LogP contribution in [0.2, 0.25) is 0 Å². The second-order valence-electron chi connectivity index (χ2n) is 2.85. The van der Waals surface area contributed by atoms with E-state index in [1.165, 1.54) is 0 Å². The molecule has 0 radical (unpaired) electrons. The van der Waals surface area contributed by atoms with Crippen LogP contribution in [0.3, 0.4) is 0 Å². The average molecular weight is 227 g/mol. The van der Waals surface area contributed by atoms with E-state index in [0.29, 0.717) is 13.2 Å². The summed E-state index contributed by atoms with van der Waals surface area (Å²) in [6.45, 7) is 0.839. The molecule has 0 fully saturated rings. The molecule has 0 aliphatic rings. The largest absolute Gasteiger partial charge is 0.376 e. The van der Waals surface area contributed by atoms with Crippen molar-refractivity contribution in [2.45, 2.75) is 13.0 Å². The van der Waals surface area contributed by atoms with E-state index in [1.54, 1.807) is 0 Å². The summed E-state index contributed by atoms with van der Waals surface area (Å²) < 4.78 is 5.28. The van der Waals surface area contributed by atoms with E-state index < -0.39 is 5.97 Å². The predicted molar refractivity (Wildman–Crippen MR) is 58.9 cm³/mol. The smallest absolute Gasteiger partial charge is 0.328 e. The molecule has 0 saturated heterocycles. The van der Waals surface area contributed by atoms with Gasteiger partial charge in [-0.3, -0.25) is 4.79 Å². The molecule has 0 spiro atoms. The number of hydrogen-bond acceptors (Lipinski definition) is 5. The summed E-state index contributed by atoms with van der Waals surface area (Å²) in [6.07, 6.45) is 0.209. The fourth-order valence-corrected chi connectivity index (χ4v) is 1.12. The normalized spacial score (nSPS) is 9.93. The molecule has 0 amide bonds. The van der Waals surface area contributed by atoms with Crippen molar-refractivity contribution in [2.24, 2.45) is 0 Å². The molecule has 1 aromatic carbocycles. The molecule has 4 nitrogen and oxygen atoms in total. The van der Waals surface area contributed by atoms with E-state index in [9.17, 15) is 4.79 Å². The minimum Gasteiger partial charge on any atom is -0.376 e. The molecular formula is C10H13NO3S. The number of nitrogens with one attached hydrogen (secondary N) is 1. The van der Waals surface area contributed by atoms with Gasteiger partial charge in [-0.05, 0) is 5.56 Å². The Kier molecular flexibility index (Phi) is 5.84. The molecule has 0 saturated carbocycles. The second-order valence-corrected chi connectivity index (χ2v) is 3.04. The van der Waals surface area contributed by atoms with E-state index in [2.05, 4.69) is 17.7 Å². The molecule has 1 rings (SSSR count). The Labute approximate surface area is 94.1 Å². The van der Waals surface area contributed by atoms with Crippen LogP contribution in [-0.2, 0) is 21.0 Å². The van der Waals surface area contributed by atoms with Gasteiger partial charge < -0.3 is 9.57 Å². The molecule has 0 aromatic heterocycles. The SMILES string of the molecule is O=C(CCOCc1ccccc1)ONS. The highest BCUT2D eigenvalue weighted by Crippen LogP contribution is 2.00. The third kappa shape index (κ3) is 5.41. The van der Waals surface area contributed by atoms with Crippen molar-refractivity contribution in [2.75, 3.05) is 6.61 Å². The van der Waals surface area contributed by atoms with Crippen LogP contribution in [0.4, 0.5) is 0 Å². The van der Waals surface area contributed by atoms with Crippen LogP contribution >= 0.6 is 12.8 Å². The average Bonchev–Trinajstić information content (AvgIpc) is 2.26. The van der Waals surface area contributed by atoms with Crippen LogP contribution in [-0.4, -0.2) is 12.6 Å². The lowest BCUT2D eigenvalue weighted by Gasteiger charge is -2.03. The summed E-state index contributed by atoms with van der Waals surface area (Å²) in [7, 11) is 0. The number of carbonyl (C=O) groups excluding carboxylic acids is 1. The van der Waals surface area contributed by atoms with E-state index in [1.807, 2.05) is 35.2 Å². The maximum Gasteiger partial charge on any atom is 0.328 e. The first kappa shape index (κ1) is 12.0. The van der Waals surface area contributed by atoms with Crippen LogP contribution < -0.4 is 4.89 Å². The van der Waals surface area contributed by atoms with Gasteiger partial charge in [-0.25, -0.2) is 0 Å². The molecule has 1 aromatic rings. The molecule has 0 bridgehead atoms. The Bertz CT molecular complexity index is 292. The number of thiol groups is 1. The van der Waals surface area contributed by atoms with Gasteiger partial charge in [0.05, 0.1) is 19.6 Å². The van der Waals surface area contributed by atoms with Gasteiger partial charge in [0.2, 0.25) is 0 Å². The van der Waals surface area contributed by atoms with E-state index in [4.69, 9.17) is 4.74 Å². The lowest BCUT2D eigenvalue weighted by Crippen LogP contribution is -2.13. The van der Waals surface area contributed by atoms with Gasteiger partial charge in [0.1, 0.15) is 0 Å². The molecule has 0 unspecified atom stereocenters. The van der Waals surface area contributed by atoms with Gasteiger partial charge in [-0.1, -0.05) is 48.0 Å². The minimum absolute atomic E-state index is 0.209. The zero-order chi connectivity index (χ0) is 10.9. The van der Waals surface area contributed by atoms with Crippen LogP contribution in [0.15, 0.2) is 30.3 Å². The number of hydrogen-bond donors (Lipinski definition) is 2. The predicted octanol–water partition coefficient (Wildman–Crippen LogP) is 1.49. The lowest BCUT2D eigenvalue weighted by molar-refractivity contribution is -0.147. The number of carbonyl (C=O) groups is 1. The summed E-state index contributed by atoms with van der Waals surface area (Å²) in [4.78, 5) is 17.2. The van der Waals surface area contributed by atoms with Gasteiger partial charge in [0, 0.05) is 0 Å². The zero-order valence-electron chi connectivity index (χ0n) is 8.18. The Balaban J connectivity index is 2.10. The number of ether oxygens (including phenoxy) is 1. The Morgan fingerprint density at radius 3 is 2.73 bits per heavy atom. The first-order valence-corrected chi connectivity index (χ1v) is 4.98. The van der Waals surface area contributed by atoms with Crippen molar-refractivity contribution >= 4 is 18.8 Å². The molecule has 0 aliphatic heterocycles. The summed E-state index contributed by atoms with van der Waals surface area (Å²) >= 11 is 3.53. The second kappa shape index (κ2) is 7.28. The quantitative estimate of drug-likeness (QED) is 0.439. The third-order valence-electron chi connectivity index (χ3n) is 1.72. The molecule has 15 heavy (non-hydrogen) atoms. The third-order valence-corrected chi connectivity index (χ3v) is 1.81. The zero-order valence-corrected chi connectivity index (χ0v) is 9.07. The fraction of sp³-hybridized carbons (Fsp3) is 0.300. The van der Waals surface area contributed by atoms with Crippen LogP contribution in [0.1, 0.15) is 12.0 Å². The van der Waals surface area contributed by atoms with Gasteiger partial charge in [-0.2, -0.15) is 0 Å². The maximum atomic E-state index is 10.8.